The van der Waals surface area contributed by atoms with E-state index in [1.54, 1.807) is 11.8 Å². The maximum atomic E-state index is 13.1. The number of carbonyl (C=O) groups excluding carboxylic acids is 2. The molecule has 1 aliphatic heterocycles. The first-order valence-corrected chi connectivity index (χ1v) is 12.1. The molecule has 34 heavy (non-hydrogen) atoms. The summed E-state index contributed by atoms with van der Waals surface area (Å²) in [7, 11) is 0. The summed E-state index contributed by atoms with van der Waals surface area (Å²) in [6.07, 6.45) is 2.14. The molecule has 5 rings (SSSR count). The van der Waals surface area contributed by atoms with E-state index in [0.717, 1.165) is 35.1 Å². The summed E-state index contributed by atoms with van der Waals surface area (Å²) in [6.45, 7) is 2.71. The normalized spacial score (nSPS) is 18.9. The number of carboxylic acid groups (broad SMARTS) is 1. The van der Waals surface area contributed by atoms with Gasteiger partial charge in [-0.05, 0) is 34.6 Å². The first-order valence-electron chi connectivity index (χ1n) is 12.1. The molecule has 1 saturated carbocycles. The first-order chi connectivity index (χ1) is 16.4. The van der Waals surface area contributed by atoms with Crippen LogP contribution in [0.5, 0.6) is 0 Å². The van der Waals surface area contributed by atoms with Gasteiger partial charge in [0.05, 0.1) is 5.92 Å². The Morgan fingerprint density at radius 3 is 2.18 bits per heavy atom. The summed E-state index contributed by atoms with van der Waals surface area (Å²) in [6, 6.07) is 15.7. The molecule has 2 N–H and O–H groups in total. The van der Waals surface area contributed by atoms with Crippen molar-refractivity contribution >= 4 is 18.0 Å². The van der Waals surface area contributed by atoms with Crippen molar-refractivity contribution in [1.29, 1.82) is 0 Å². The fraction of sp³-hybridized carbons (Fsp3) is 0.444. The molecule has 178 valence electrons. The van der Waals surface area contributed by atoms with Crippen LogP contribution in [0.3, 0.4) is 0 Å². The van der Waals surface area contributed by atoms with Crippen molar-refractivity contribution in [3.05, 3.63) is 59.7 Å². The number of hydrogen-bond acceptors (Lipinski definition) is 4. The van der Waals surface area contributed by atoms with E-state index in [4.69, 9.17) is 4.74 Å². The van der Waals surface area contributed by atoms with Crippen LogP contribution >= 0.6 is 0 Å². The van der Waals surface area contributed by atoms with Crippen LogP contribution in [0.4, 0.5) is 4.79 Å². The number of nitrogens with one attached hydrogen (secondary N) is 1. The third-order valence-electron chi connectivity index (χ3n) is 7.52. The van der Waals surface area contributed by atoms with Crippen molar-refractivity contribution in [2.45, 2.75) is 38.1 Å². The Labute approximate surface area is 199 Å². The molecule has 2 aromatic rings. The Hall–Kier alpha value is -3.35. The van der Waals surface area contributed by atoms with Gasteiger partial charge in [-0.15, -0.1) is 0 Å². The maximum Gasteiger partial charge on any atom is 0.407 e. The highest BCUT2D eigenvalue weighted by molar-refractivity contribution is 5.86. The van der Waals surface area contributed by atoms with E-state index in [1.165, 1.54) is 0 Å². The number of fused-ring (bicyclic) bond motifs is 3. The molecule has 0 spiro atoms. The van der Waals surface area contributed by atoms with Crippen LogP contribution in [0.1, 0.15) is 43.2 Å². The first kappa shape index (κ1) is 22.4. The van der Waals surface area contributed by atoms with Gasteiger partial charge in [-0.3, -0.25) is 9.59 Å². The number of carboxylic acids is 1. The third kappa shape index (κ3) is 4.39. The summed E-state index contributed by atoms with van der Waals surface area (Å²) in [4.78, 5) is 38.7. The van der Waals surface area contributed by atoms with Gasteiger partial charge in [-0.2, -0.15) is 0 Å². The predicted octanol–water partition coefficient (Wildman–Crippen LogP) is 3.87. The second kappa shape index (κ2) is 9.12. The van der Waals surface area contributed by atoms with Gasteiger partial charge in [0, 0.05) is 24.9 Å². The minimum atomic E-state index is -0.844. The number of alkyl carbamates (subject to hydrolysis) is 1. The molecule has 1 unspecified atom stereocenters. The fourth-order valence-corrected chi connectivity index (χ4v) is 5.12. The van der Waals surface area contributed by atoms with E-state index in [-0.39, 0.29) is 24.3 Å². The van der Waals surface area contributed by atoms with Gasteiger partial charge in [0.15, 0.2) is 0 Å². The van der Waals surface area contributed by atoms with Crippen LogP contribution < -0.4 is 5.32 Å². The molecule has 1 saturated heterocycles. The van der Waals surface area contributed by atoms with Gasteiger partial charge in [-0.1, -0.05) is 68.3 Å². The summed E-state index contributed by atoms with van der Waals surface area (Å²) in [5.41, 5.74) is 4.61. The molecule has 0 radical (unpaired) electrons. The van der Waals surface area contributed by atoms with E-state index in [1.807, 2.05) is 24.3 Å². The van der Waals surface area contributed by atoms with E-state index in [0.29, 0.717) is 25.4 Å². The van der Waals surface area contributed by atoms with Crippen molar-refractivity contribution in [3.8, 4) is 11.1 Å². The molecular weight excluding hydrogens is 432 g/mol. The van der Waals surface area contributed by atoms with Gasteiger partial charge in [0.25, 0.3) is 0 Å². The minimum absolute atomic E-state index is 0.0376. The van der Waals surface area contributed by atoms with Crippen molar-refractivity contribution < 1.29 is 24.2 Å². The molecule has 2 atom stereocenters. The van der Waals surface area contributed by atoms with Gasteiger partial charge in [0.2, 0.25) is 5.91 Å². The number of aliphatic carboxylic acids is 1. The van der Waals surface area contributed by atoms with Gasteiger partial charge < -0.3 is 20.1 Å². The number of ether oxygens (including phenoxy) is 1. The smallest absolute Gasteiger partial charge is 0.407 e. The van der Waals surface area contributed by atoms with E-state index >= 15 is 0 Å². The number of benzene rings is 2. The molecule has 2 amide bonds. The van der Waals surface area contributed by atoms with Crippen molar-refractivity contribution in [2.75, 3.05) is 19.7 Å². The van der Waals surface area contributed by atoms with E-state index in [9.17, 15) is 19.5 Å². The Morgan fingerprint density at radius 1 is 1.03 bits per heavy atom. The standard InChI is InChI=1S/C27H30N2O5/c1-16(26(31)32)18-13-29(14-18)25(30)24(12-17-10-11-17)28-27(33)34-15-23-21-8-4-2-6-19(21)20-7-3-5-9-22(20)23/h2-9,16-18,23-24H,10-15H2,1H3,(H,28,33)(H,31,32)/t16?,24-/m0/s1. The maximum absolute atomic E-state index is 13.1. The van der Waals surface area contributed by atoms with Gasteiger partial charge in [-0.25, -0.2) is 4.79 Å². The minimum Gasteiger partial charge on any atom is -0.481 e. The van der Waals surface area contributed by atoms with E-state index < -0.39 is 24.0 Å². The highest BCUT2D eigenvalue weighted by Crippen LogP contribution is 2.44. The van der Waals surface area contributed by atoms with Gasteiger partial charge >= 0.3 is 12.1 Å². The lowest BCUT2D eigenvalue weighted by Gasteiger charge is -2.42. The molecule has 3 aliphatic rings. The Kier molecular flexibility index (Phi) is 6.02. The quantitative estimate of drug-likeness (QED) is 0.621. The topological polar surface area (TPSA) is 95.9 Å². The van der Waals surface area contributed by atoms with Crippen molar-refractivity contribution in [3.63, 3.8) is 0 Å². The number of nitrogens with zero attached hydrogens (tertiary/aromatic N) is 1. The number of carbonyl (C=O) groups is 3. The average Bonchev–Trinajstić information content (AvgIpc) is 3.56. The van der Waals surface area contributed by atoms with E-state index in [2.05, 4.69) is 29.6 Å². The molecule has 0 aromatic heterocycles. The Morgan fingerprint density at radius 2 is 1.62 bits per heavy atom. The highest BCUT2D eigenvalue weighted by Gasteiger charge is 2.41. The second-order valence-corrected chi connectivity index (χ2v) is 9.83. The lowest BCUT2D eigenvalue weighted by atomic mass is 9.86. The van der Waals surface area contributed by atoms with Crippen LogP contribution in [0, 0.1) is 17.8 Å². The summed E-state index contributed by atoms with van der Waals surface area (Å²) in [5, 5.41) is 12.0. The lowest BCUT2D eigenvalue weighted by molar-refractivity contribution is -0.151. The Balaban J connectivity index is 1.20. The number of rotatable bonds is 8. The van der Waals surface area contributed by atoms with Gasteiger partial charge in [0.1, 0.15) is 12.6 Å². The van der Waals surface area contributed by atoms with Crippen molar-refractivity contribution in [2.24, 2.45) is 17.8 Å². The Bertz CT molecular complexity index is 1060. The van der Waals surface area contributed by atoms with Crippen LogP contribution in [0.2, 0.25) is 0 Å². The molecule has 0 bridgehead atoms. The van der Waals surface area contributed by atoms with Crippen LogP contribution in [-0.2, 0) is 14.3 Å². The third-order valence-corrected chi connectivity index (χ3v) is 7.52. The molecular formula is C27H30N2O5. The van der Waals surface area contributed by atoms with Crippen molar-refractivity contribution in [1.82, 2.24) is 10.2 Å². The largest absolute Gasteiger partial charge is 0.481 e. The molecule has 1 heterocycles. The molecule has 2 fully saturated rings. The summed E-state index contributed by atoms with van der Waals surface area (Å²) in [5.74, 6) is -1.11. The van der Waals surface area contributed by atoms with Crippen LogP contribution in [0.15, 0.2) is 48.5 Å². The zero-order valence-electron chi connectivity index (χ0n) is 19.3. The molecule has 7 heteroatoms. The summed E-state index contributed by atoms with van der Waals surface area (Å²) >= 11 is 0. The van der Waals surface area contributed by atoms with Crippen LogP contribution in [0.25, 0.3) is 11.1 Å². The molecule has 7 nitrogen and oxygen atoms in total. The zero-order valence-corrected chi connectivity index (χ0v) is 19.3. The van der Waals surface area contributed by atoms with Crippen LogP contribution in [-0.4, -0.2) is 53.7 Å². The highest BCUT2D eigenvalue weighted by atomic mass is 16.5. The SMILES string of the molecule is CC(C(=O)O)C1CN(C(=O)[C@H](CC2CC2)NC(=O)OCC2c3ccccc3-c3ccccc32)C1. The second-order valence-electron chi connectivity index (χ2n) is 9.83. The fourth-order valence-electron chi connectivity index (χ4n) is 5.12. The lowest BCUT2D eigenvalue weighted by Crippen LogP contribution is -2.59. The summed E-state index contributed by atoms with van der Waals surface area (Å²) < 4.78 is 5.65. The molecule has 2 aromatic carbocycles. The zero-order chi connectivity index (χ0) is 23.8. The number of likely N-dealkylation sites (tertiary alicyclic amines) is 1. The molecule has 2 aliphatic carbocycles. The number of hydrogen-bond donors (Lipinski definition) is 2. The number of amides is 2. The average molecular weight is 463 g/mol. The monoisotopic (exact) mass is 462 g/mol. The predicted molar refractivity (Wildman–Crippen MR) is 126 cm³/mol.